The molecule has 0 spiro atoms. The zero-order chi connectivity index (χ0) is 44.5. The number of hydrogen-bond donors (Lipinski definition) is 0. The third-order valence-corrected chi connectivity index (χ3v) is 12.5. The summed E-state index contributed by atoms with van der Waals surface area (Å²) in [4.78, 5) is 37.9. The molecule has 0 saturated heterocycles. The van der Waals surface area contributed by atoms with Gasteiger partial charge in [-0.05, 0) is 25.2 Å². The summed E-state index contributed by atoms with van der Waals surface area (Å²) in [6.07, 6.45) is 52.4. The number of ether oxygens (including phenoxy) is 3. The highest BCUT2D eigenvalue weighted by molar-refractivity contribution is 5.71. The largest absolute Gasteiger partial charge is 0.462 e. The van der Waals surface area contributed by atoms with Crippen molar-refractivity contribution in [3.8, 4) is 0 Å². The minimum atomic E-state index is -0.760. The molecule has 61 heavy (non-hydrogen) atoms. The Bertz CT molecular complexity index is 918. The van der Waals surface area contributed by atoms with E-state index in [-0.39, 0.29) is 31.1 Å². The standard InChI is InChI=1S/C55H106O6/c1-5-7-9-11-13-15-16-17-18-19-20-24-27-31-34-38-42-46-53(56)59-49-52(61-55(58)48-44-40-36-29-14-12-10-8-6-2)50-60-54(57)47-43-39-35-32-28-25-22-21-23-26-30-33-37-41-45-51(3)4/h51-52H,5-50H2,1-4H3/t52-/m0/s1. The van der Waals surface area contributed by atoms with E-state index in [9.17, 15) is 14.4 Å². The summed E-state index contributed by atoms with van der Waals surface area (Å²) in [6, 6.07) is 0. The average Bonchev–Trinajstić information content (AvgIpc) is 3.24. The third-order valence-electron chi connectivity index (χ3n) is 12.5. The molecule has 0 heterocycles. The number of carbonyl (C=O) groups is 3. The van der Waals surface area contributed by atoms with Gasteiger partial charge in [-0.3, -0.25) is 14.4 Å². The maximum absolute atomic E-state index is 12.7. The van der Waals surface area contributed by atoms with Crippen molar-refractivity contribution >= 4 is 17.9 Å². The molecular weight excluding hydrogens is 757 g/mol. The van der Waals surface area contributed by atoms with Crippen molar-refractivity contribution < 1.29 is 28.6 Å². The summed E-state index contributed by atoms with van der Waals surface area (Å²) in [5.74, 6) is 0.00192. The van der Waals surface area contributed by atoms with Crippen LogP contribution in [0.1, 0.15) is 310 Å². The van der Waals surface area contributed by atoms with Crippen LogP contribution in [0.3, 0.4) is 0 Å². The van der Waals surface area contributed by atoms with E-state index in [2.05, 4.69) is 27.7 Å². The normalized spacial score (nSPS) is 12.0. The second-order valence-corrected chi connectivity index (χ2v) is 19.3. The molecule has 0 amide bonds. The molecule has 0 aliphatic heterocycles. The molecule has 0 rings (SSSR count). The zero-order valence-electron chi connectivity index (χ0n) is 41.6. The Balaban J connectivity index is 4.20. The molecule has 0 aromatic heterocycles. The first-order valence-corrected chi connectivity index (χ1v) is 27.4. The Labute approximate surface area is 380 Å². The molecule has 1 atom stereocenters. The average molecular weight is 863 g/mol. The summed E-state index contributed by atoms with van der Waals surface area (Å²) in [6.45, 7) is 9.03. The summed E-state index contributed by atoms with van der Waals surface area (Å²) in [5.41, 5.74) is 0. The van der Waals surface area contributed by atoms with Gasteiger partial charge in [0.15, 0.2) is 6.10 Å². The first kappa shape index (κ1) is 59.4. The second kappa shape index (κ2) is 49.4. The molecule has 6 heteroatoms. The number of carbonyl (C=O) groups excluding carboxylic acids is 3. The van der Waals surface area contributed by atoms with Gasteiger partial charge in [-0.2, -0.15) is 0 Å². The molecule has 0 aromatic rings. The van der Waals surface area contributed by atoms with Crippen molar-refractivity contribution in [2.24, 2.45) is 5.92 Å². The molecule has 0 unspecified atom stereocenters. The number of unbranched alkanes of at least 4 members (excludes halogenated alkanes) is 37. The molecular formula is C55H106O6. The van der Waals surface area contributed by atoms with Gasteiger partial charge >= 0.3 is 17.9 Å². The van der Waals surface area contributed by atoms with Gasteiger partial charge in [0.2, 0.25) is 0 Å². The van der Waals surface area contributed by atoms with Crippen molar-refractivity contribution in [1.29, 1.82) is 0 Å². The SMILES string of the molecule is CCCCCCCCCCCCCCCCCCCC(=O)OC[C@@H](COC(=O)CCCCCCCCCCCCCCCCC(C)C)OC(=O)CCCCCCCCCCC. The van der Waals surface area contributed by atoms with Crippen LogP contribution < -0.4 is 0 Å². The lowest BCUT2D eigenvalue weighted by Gasteiger charge is -2.18. The highest BCUT2D eigenvalue weighted by atomic mass is 16.6. The van der Waals surface area contributed by atoms with Gasteiger partial charge < -0.3 is 14.2 Å². The fraction of sp³-hybridized carbons (Fsp3) is 0.945. The van der Waals surface area contributed by atoms with Gasteiger partial charge in [-0.25, -0.2) is 0 Å². The minimum Gasteiger partial charge on any atom is -0.462 e. The van der Waals surface area contributed by atoms with E-state index in [4.69, 9.17) is 14.2 Å². The Hall–Kier alpha value is -1.59. The minimum absolute atomic E-state index is 0.0625. The zero-order valence-corrected chi connectivity index (χ0v) is 41.6. The Morgan fingerprint density at radius 1 is 0.311 bits per heavy atom. The fourth-order valence-corrected chi connectivity index (χ4v) is 8.39. The smallest absolute Gasteiger partial charge is 0.306 e. The van der Waals surface area contributed by atoms with E-state index in [1.54, 1.807) is 0 Å². The van der Waals surface area contributed by atoms with Gasteiger partial charge in [0.05, 0.1) is 0 Å². The van der Waals surface area contributed by atoms with Gasteiger partial charge in [0, 0.05) is 19.3 Å². The highest BCUT2D eigenvalue weighted by Crippen LogP contribution is 2.17. The van der Waals surface area contributed by atoms with Crippen LogP contribution in [0.5, 0.6) is 0 Å². The fourth-order valence-electron chi connectivity index (χ4n) is 8.39. The predicted octanol–water partition coefficient (Wildman–Crippen LogP) is 17.8. The molecule has 0 N–H and O–H groups in total. The number of esters is 3. The summed E-state index contributed by atoms with van der Waals surface area (Å²) < 4.78 is 16.8. The Kier molecular flexibility index (Phi) is 48.1. The van der Waals surface area contributed by atoms with Crippen LogP contribution in [-0.4, -0.2) is 37.2 Å². The lowest BCUT2D eigenvalue weighted by atomic mass is 10.0. The molecule has 0 fully saturated rings. The van der Waals surface area contributed by atoms with Gasteiger partial charge in [0.25, 0.3) is 0 Å². The van der Waals surface area contributed by atoms with E-state index in [1.807, 2.05) is 0 Å². The summed E-state index contributed by atoms with van der Waals surface area (Å²) >= 11 is 0. The number of hydrogen-bond acceptors (Lipinski definition) is 6. The molecule has 0 saturated carbocycles. The molecule has 0 aromatic carbocycles. The first-order valence-electron chi connectivity index (χ1n) is 27.4. The van der Waals surface area contributed by atoms with Gasteiger partial charge in [0.1, 0.15) is 13.2 Å². The van der Waals surface area contributed by atoms with E-state index in [0.717, 1.165) is 63.7 Å². The van der Waals surface area contributed by atoms with Gasteiger partial charge in [-0.15, -0.1) is 0 Å². The van der Waals surface area contributed by atoms with Crippen LogP contribution in [0, 0.1) is 5.92 Å². The van der Waals surface area contributed by atoms with Crippen molar-refractivity contribution in [1.82, 2.24) is 0 Å². The maximum Gasteiger partial charge on any atom is 0.306 e. The molecule has 0 aliphatic carbocycles. The van der Waals surface area contributed by atoms with Crippen LogP contribution in [0.4, 0.5) is 0 Å². The monoisotopic (exact) mass is 863 g/mol. The molecule has 0 radical (unpaired) electrons. The Morgan fingerprint density at radius 3 is 0.803 bits per heavy atom. The lowest BCUT2D eigenvalue weighted by molar-refractivity contribution is -0.167. The van der Waals surface area contributed by atoms with E-state index in [1.165, 1.54) is 205 Å². The molecule has 0 bridgehead atoms. The third kappa shape index (κ3) is 49.3. The van der Waals surface area contributed by atoms with E-state index < -0.39 is 6.10 Å². The van der Waals surface area contributed by atoms with Crippen LogP contribution in [0.2, 0.25) is 0 Å². The van der Waals surface area contributed by atoms with Crippen LogP contribution >= 0.6 is 0 Å². The topological polar surface area (TPSA) is 78.9 Å². The quantitative estimate of drug-likeness (QED) is 0.0344. The van der Waals surface area contributed by atoms with Crippen molar-refractivity contribution in [3.63, 3.8) is 0 Å². The van der Waals surface area contributed by atoms with E-state index in [0.29, 0.717) is 19.3 Å². The van der Waals surface area contributed by atoms with Crippen LogP contribution in [0.25, 0.3) is 0 Å². The summed E-state index contributed by atoms with van der Waals surface area (Å²) in [7, 11) is 0. The van der Waals surface area contributed by atoms with Crippen molar-refractivity contribution in [2.75, 3.05) is 13.2 Å². The lowest BCUT2D eigenvalue weighted by Crippen LogP contribution is -2.30. The molecule has 0 aliphatic rings. The van der Waals surface area contributed by atoms with Gasteiger partial charge in [-0.1, -0.05) is 272 Å². The summed E-state index contributed by atoms with van der Waals surface area (Å²) in [5, 5.41) is 0. The van der Waals surface area contributed by atoms with E-state index >= 15 is 0 Å². The maximum atomic E-state index is 12.7. The first-order chi connectivity index (χ1) is 29.9. The number of rotatable bonds is 50. The van der Waals surface area contributed by atoms with Crippen LogP contribution in [-0.2, 0) is 28.6 Å². The predicted molar refractivity (Wildman–Crippen MR) is 261 cm³/mol. The molecule has 362 valence electrons. The molecule has 6 nitrogen and oxygen atoms in total. The van der Waals surface area contributed by atoms with Crippen LogP contribution in [0.15, 0.2) is 0 Å². The second-order valence-electron chi connectivity index (χ2n) is 19.3. The Morgan fingerprint density at radius 2 is 0.541 bits per heavy atom. The highest BCUT2D eigenvalue weighted by Gasteiger charge is 2.19. The van der Waals surface area contributed by atoms with Crippen molar-refractivity contribution in [2.45, 2.75) is 316 Å². The van der Waals surface area contributed by atoms with Crippen molar-refractivity contribution in [3.05, 3.63) is 0 Å².